The van der Waals surface area contributed by atoms with Crippen LogP contribution in [0.1, 0.15) is 50.8 Å². The molecule has 1 unspecified atom stereocenters. The summed E-state index contributed by atoms with van der Waals surface area (Å²) < 4.78 is 7.12. The summed E-state index contributed by atoms with van der Waals surface area (Å²) in [7, 11) is 0. The Balaban J connectivity index is 1.82. The highest BCUT2D eigenvalue weighted by molar-refractivity contribution is 6.29. The second kappa shape index (κ2) is 6.24. The van der Waals surface area contributed by atoms with Gasteiger partial charge in [0.25, 0.3) is 0 Å². The molecule has 1 aliphatic heterocycles. The minimum atomic E-state index is -0.487. The van der Waals surface area contributed by atoms with Crippen LogP contribution in [0.15, 0.2) is 12.3 Å². The van der Waals surface area contributed by atoms with E-state index in [2.05, 4.69) is 5.10 Å². The van der Waals surface area contributed by atoms with Crippen molar-refractivity contribution in [2.24, 2.45) is 0 Å². The fraction of sp³-hybridized carbons (Fsp3) is 0.588. The number of fused-ring (bicyclic) bond motifs is 1. The topological polar surface area (TPSA) is 59.7 Å². The van der Waals surface area contributed by atoms with Crippen molar-refractivity contribution < 1.29 is 9.53 Å². The van der Waals surface area contributed by atoms with E-state index >= 15 is 0 Å². The highest BCUT2D eigenvalue weighted by Gasteiger charge is 2.29. The van der Waals surface area contributed by atoms with Gasteiger partial charge in [-0.15, -0.1) is 0 Å². The maximum atomic E-state index is 12.3. The van der Waals surface area contributed by atoms with Crippen LogP contribution in [0.5, 0.6) is 0 Å². The quantitative estimate of drug-likeness (QED) is 0.734. The van der Waals surface area contributed by atoms with Crippen LogP contribution in [0.25, 0.3) is 5.65 Å². The monoisotopic (exact) mass is 350 g/mol. The molecule has 24 heavy (non-hydrogen) atoms. The number of hydrogen-bond donors (Lipinski definition) is 0. The zero-order valence-electron chi connectivity index (χ0n) is 14.5. The lowest BCUT2D eigenvalue weighted by Gasteiger charge is -2.34. The second-order valence-corrected chi connectivity index (χ2v) is 7.72. The molecule has 2 aromatic rings. The smallest absolute Gasteiger partial charge is 0.410 e. The number of nitrogens with zero attached hydrogens (tertiary/aromatic N) is 4. The fourth-order valence-electron chi connectivity index (χ4n) is 2.97. The highest BCUT2D eigenvalue weighted by Crippen LogP contribution is 2.29. The molecular weight excluding hydrogens is 328 g/mol. The summed E-state index contributed by atoms with van der Waals surface area (Å²) in [6, 6.07) is 1.85. The van der Waals surface area contributed by atoms with Gasteiger partial charge in [-0.3, -0.25) is 0 Å². The number of hydrogen-bond acceptors (Lipinski definition) is 4. The molecule has 3 heterocycles. The Morgan fingerprint density at radius 1 is 1.42 bits per heavy atom. The van der Waals surface area contributed by atoms with E-state index in [9.17, 15) is 4.79 Å². The molecule has 6 nitrogen and oxygen atoms in total. The van der Waals surface area contributed by atoms with Gasteiger partial charge in [0, 0.05) is 24.6 Å². The molecular formula is C17H23ClN4O2. The SMILES string of the molecule is Cc1cnn2c(Cl)cc(C3CCCN(C(=O)OC(C)(C)C)C3)nc12. The first-order valence-corrected chi connectivity index (χ1v) is 8.61. The lowest BCUT2D eigenvalue weighted by atomic mass is 9.95. The summed E-state index contributed by atoms with van der Waals surface area (Å²) in [4.78, 5) is 18.8. The lowest BCUT2D eigenvalue weighted by molar-refractivity contribution is 0.0197. The van der Waals surface area contributed by atoms with Gasteiger partial charge in [-0.1, -0.05) is 11.6 Å². The van der Waals surface area contributed by atoms with Crippen molar-refractivity contribution in [3.05, 3.63) is 28.7 Å². The number of piperidine rings is 1. The van der Waals surface area contributed by atoms with Crippen LogP contribution >= 0.6 is 11.6 Å². The third kappa shape index (κ3) is 3.48. The van der Waals surface area contributed by atoms with Gasteiger partial charge in [0.1, 0.15) is 10.8 Å². The van der Waals surface area contributed by atoms with E-state index in [0.29, 0.717) is 18.2 Å². The molecule has 1 fully saturated rings. The second-order valence-electron chi connectivity index (χ2n) is 7.33. The van der Waals surface area contributed by atoms with E-state index < -0.39 is 5.60 Å². The number of carbonyl (C=O) groups is 1. The van der Waals surface area contributed by atoms with Crippen molar-refractivity contribution in [2.45, 2.75) is 52.1 Å². The first-order chi connectivity index (χ1) is 11.2. The molecule has 0 spiro atoms. The molecule has 1 atom stereocenters. The maximum Gasteiger partial charge on any atom is 0.410 e. The molecule has 2 aromatic heterocycles. The Morgan fingerprint density at radius 3 is 2.88 bits per heavy atom. The molecule has 0 N–H and O–H groups in total. The Labute approximate surface area is 146 Å². The molecule has 7 heteroatoms. The summed E-state index contributed by atoms with van der Waals surface area (Å²) in [5.41, 5.74) is 2.17. The Hall–Kier alpha value is -1.82. The van der Waals surface area contributed by atoms with Crippen molar-refractivity contribution >= 4 is 23.3 Å². The number of aromatic nitrogens is 3. The van der Waals surface area contributed by atoms with Crippen molar-refractivity contribution in [2.75, 3.05) is 13.1 Å². The highest BCUT2D eigenvalue weighted by atomic mass is 35.5. The van der Waals surface area contributed by atoms with Crippen molar-refractivity contribution in [3.8, 4) is 0 Å². The van der Waals surface area contributed by atoms with E-state index in [1.54, 1.807) is 15.6 Å². The molecule has 0 aliphatic carbocycles. The Bertz CT molecular complexity index is 766. The standard InChI is InChI=1S/C17H23ClN4O2/c1-11-9-19-22-14(18)8-13(20-15(11)22)12-6-5-7-21(10-12)16(23)24-17(2,3)4/h8-9,12H,5-7,10H2,1-4H3. The molecule has 0 radical (unpaired) electrons. The van der Waals surface area contributed by atoms with Gasteiger partial charge in [0.2, 0.25) is 0 Å². The first-order valence-electron chi connectivity index (χ1n) is 8.23. The molecule has 0 bridgehead atoms. The summed E-state index contributed by atoms with van der Waals surface area (Å²) in [6.07, 6.45) is 3.39. The number of carbonyl (C=O) groups excluding carboxylic acids is 1. The van der Waals surface area contributed by atoms with E-state index in [-0.39, 0.29) is 12.0 Å². The van der Waals surface area contributed by atoms with Crippen molar-refractivity contribution in [1.82, 2.24) is 19.5 Å². The summed E-state index contributed by atoms with van der Waals surface area (Å²) in [6.45, 7) is 8.91. The molecule has 1 saturated heterocycles. The molecule has 0 aromatic carbocycles. The normalized spacial score (nSPS) is 18.9. The van der Waals surface area contributed by atoms with Gasteiger partial charge in [-0.25, -0.2) is 14.3 Å². The van der Waals surface area contributed by atoms with Crippen LogP contribution in [0, 0.1) is 6.92 Å². The van der Waals surface area contributed by atoms with E-state index in [4.69, 9.17) is 21.3 Å². The average molecular weight is 351 g/mol. The maximum absolute atomic E-state index is 12.3. The summed E-state index contributed by atoms with van der Waals surface area (Å²) in [5.74, 6) is 0.156. The Kier molecular flexibility index (Phi) is 4.42. The van der Waals surface area contributed by atoms with Crippen LogP contribution < -0.4 is 0 Å². The largest absolute Gasteiger partial charge is 0.444 e. The number of aryl methyl sites for hydroxylation is 1. The summed E-state index contributed by atoms with van der Waals surface area (Å²) in [5, 5.41) is 4.76. The van der Waals surface area contributed by atoms with Crippen molar-refractivity contribution in [3.63, 3.8) is 0 Å². The average Bonchev–Trinajstić information content (AvgIpc) is 2.88. The van der Waals surface area contributed by atoms with Crippen LogP contribution in [0.2, 0.25) is 5.15 Å². The molecule has 0 saturated carbocycles. The van der Waals surface area contributed by atoms with Gasteiger partial charge >= 0.3 is 6.09 Å². The van der Waals surface area contributed by atoms with Gasteiger partial charge in [-0.05, 0) is 46.6 Å². The van der Waals surface area contributed by atoms with Gasteiger partial charge < -0.3 is 9.64 Å². The number of amides is 1. The van der Waals surface area contributed by atoms with E-state index in [1.807, 2.05) is 33.8 Å². The van der Waals surface area contributed by atoms with Crippen LogP contribution in [-0.2, 0) is 4.74 Å². The molecule has 1 aliphatic rings. The minimum absolute atomic E-state index is 0.156. The zero-order valence-corrected chi connectivity index (χ0v) is 15.3. The van der Waals surface area contributed by atoms with Crippen molar-refractivity contribution in [1.29, 1.82) is 0 Å². The number of ether oxygens (including phenoxy) is 1. The lowest BCUT2D eigenvalue weighted by Crippen LogP contribution is -2.42. The predicted molar refractivity (Wildman–Crippen MR) is 92.5 cm³/mol. The zero-order chi connectivity index (χ0) is 17.5. The first kappa shape index (κ1) is 17.0. The number of rotatable bonds is 1. The van der Waals surface area contributed by atoms with E-state index in [0.717, 1.165) is 29.7 Å². The van der Waals surface area contributed by atoms with Crippen LogP contribution in [-0.4, -0.2) is 44.3 Å². The number of halogens is 1. The third-order valence-electron chi connectivity index (χ3n) is 4.12. The summed E-state index contributed by atoms with van der Waals surface area (Å²) >= 11 is 6.34. The van der Waals surface area contributed by atoms with E-state index in [1.165, 1.54) is 0 Å². The minimum Gasteiger partial charge on any atom is -0.444 e. The number of likely N-dealkylation sites (tertiary alicyclic amines) is 1. The van der Waals surface area contributed by atoms with Crippen LogP contribution in [0.4, 0.5) is 4.79 Å². The fourth-order valence-corrected chi connectivity index (χ4v) is 3.21. The molecule has 1 amide bonds. The molecule has 3 rings (SSSR count). The van der Waals surface area contributed by atoms with Crippen LogP contribution in [0.3, 0.4) is 0 Å². The van der Waals surface area contributed by atoms with Gasteiger partial charge in [0.05, 0.1) is 11.9 Å². The van der Waals surface area contributed by atoms with Gasteiger partial charge in [0.15, 0.2) is 5.65 Å². The molecule has 130 valence electrons. The third-order valence-corrected chi connectivity index (χ3v) is 4.39. The Morgan fingerprint density at radius 2 is 2.17 bits per heavy atom. The van der Waals surface area contributed by atoms with Gasteiger partial charge in [-0.2, -0.15) is 5.10 Å². The predicted octanol–water partition coefficient (Wildman–Crippen LogP) is 3.81.